The fourth-order valence-corrected chi connectivity index (χ4v) is 4.33. The summed E-state index contributed by atoms with van der Waals surface area (Å²) in [7, 11) is 3.46. The molecule has 162 valence electrons. The van der Waals surface area contributed by atoms with Crippen LogP contribution in [0.25, 0.3) is 11.4 Å². The monoisotopic (exact) mass is 423 g/mol. The molecule has 5 rings (SSSR count). The molecule has 1 aliphatic carbocycles. The van der Waals surface area contributed by atoms with Crippen molar-refractivity contribution in [3.8, 4) is 17.1 Å². The van der Waals surface area contributed by atoms with E-state index in [1.165, 1.54) is 0 Å². The van der Waals surface area contributed by atoms with Gasteiger partial charge in [-0.05, 0) is 37.8 Å². The van der Waals surface area contributed by atoms with E-state index < -0.39 is 6.10 Å². The maximum absolute atomic E-state index is 13.4. The number of hydrogen-bond acceptors (Lipinski definition) is 7. The Labute approximate surface area is 179 Å². The molecule has 9 nitrogen and oxygen atoms in total. The molecule has 2 aliphatic rings. The molecule has 1 amide bonds. The smallest absolute Gasteiger partial charge is 0.272 e. The first-order valence-corrected chi connectivity index (χ1v) is 10.6. The highest BCUT2D eigenvalue weighted by Crippen LogP contribution is 2.28. The Hall–Kier alpha value is -3.20. The van der Waals surface area contributed by atoms with Crippen LogP contribution in [0, 0.1) is 0 Å². The number of benzene rings is 1. The van der Waals surface area contributed by atoms with Crippen LogP contribution >= 0.6 is 0 Å². The van der Waals surface area contributed by atoms with E-state index in [0.29, 0.717) is 42.9 Å². The molecule has 3 heterocycles. The number of rotatable bonds is 4. The number of aryl methyl sites for hydroxylation is 2. The van der Waals surface area contributed by atoms with E-state index in [2.05, 4.69) is 15.2 Å². The van der Waals surface area contributed by atoms with E-state index in [0.717, 1.165) is 42.5 Å². The minimum absolute atomic E-state index is 0.0148. The molecule has 1 aliphatic heterocycles. The number of morpholine rings is 1. The average molecular weight is 423 g/mol. The number of carbonyl (C=O) groups is 1. The second-order valence-electron chi connectivity index (χ2n) is 7.90. The Bertz CT molecular complexity index is 1110. The van der Waals surface area contributed by atoms with Crippen molar-refractivity contribution >= 4 is 5.91 Å². The Morgan fingerprint density at radius 1 is 1.26 bits per heavy atom. The number of carbonyl (C=O) groups excluding carboxylic acids is 1. The lowest BCUT2D eigenvalue weighted by atomic mass is 9.95. The lowest BCUT2D eigenvalue weighted by Gasteiger charge is -2.31. The summed E-state index contributed by atoms with van der Waals surface area (Å²) >= 11 is 0. The topological polar surface area (TPSA) is 95.5 Å². The van der Waals surface area contributed by atoms with Crippen molar-refractivity contribution < 1.29 is 18.8 Å². The van der Waals surface area contributed by atoms with Gasteiger partial charge in [0.2, 0.25) is 5.82 Å². The first-order valence-electron chi connectivity index (χ1n) is 10.6. The minimum Gasteiger partial charge on any atom is -0.497 e. The van der Waals surface area contributed by atoms with Crippen LogP contribution in [0.1, 0.15) is 46.6 Å². The highest BCUT2D eigenvalue weighted by molar-refractivity contribution is 5.94. The normalized spacial score (nSPS) is 18.6. The summed E-state index contributed by atoms with van der Waals surface area (Å²) in [6, 6.07) is 7.46. The largest absolute Gasteiger partial charge is 0.497 e. The molecule has 1 atom stereocenters. The molecule has 0 radical (unpaired) electrons. The van der Waals surface area contributed by atoms with E-state index in [9.17, 15) is 4.79 Å². The van der Waals surface area contributed by atoms with Gasteiger partial charge in [-0.1, -0.05) is 17.3 Å². The third-order valence-corrected chi connectivity index (χ3v) is 5.92. The van der Waals surface area contributed by atoms with E-state index in [1.807, 2.05) is 31.3 Å². The second kappa shape index (κ2) is 8.14. The maximum Gasteiger partial charge on any atom is 0.272 e. The van der Waals surface area contributed by atoms with Gasteiger partial charge >= 0.3 is 0 Å². The van der Waals surface area contributed by atoms with Crippen molar-refractivity contribution in [1.82, 2.24) is 24.8 Å². The molecule has 1 aromatic carbocycles. The maximum atomic E-state index is 13.4. The van der Waals surface area contributed by atoms with Crippen molar-refractivity contribution in [3.63, 3.8) is 0 Å². The van der Waals surface area contributed by atoms with Gasteiger partial charge in [-0.25, -0.2) is 0 Å². The van der Waals surface area contributed by atoms with Gasteiger partial charge in [0, 0.05) is 24.7 Å². The number of nitrogens with zero attached hydrogens (tertiary/aromatic N) is 5. The zero-order chi connectivity index (χ0) is 21.4. The van der Waals surface area contributed by atoms with Crippen LogP contribution < -0.4 is 4.74 Å². The van der Waals surface area contributed by atoms with Crippen LogP contribution in [0.5, 0.6) is 5.75 Å². The van der Waals surface area contributed by atoms with Crippen LogP contribution in [0.2, 0.25) is 0 Å². The van der Waals surface area contributed by atoms with Crippen molar-refractivity contribution in [1.29, 1.82) is 0 Å². The average Bonchev–Trinajstić information content (AvgIpc) is 3.43. The second-order valence-corrected chi connectivity index (χ2v) is 7.90. The lowest BCUT2D eigenvalue weighted by molar-refractivity contribution is -0.0370. The number of ether oxygens (including phenoxy) is 2. The molecule has 31 heavy (non-hydrogen) atoms. The minimum atomic E-state index is -0.464. The van der Waals surface area contributed by atoms with Gasteiger partial charge in [-0.15, -0.1) is 0 Å². The third kappa shape index (κ3) is 3.69. The van der Waals surface area contributed by atoms with Gasteiger partial charge in [0.15, 0.2) is 6.10 Å². The fourth-order valence-electron chi connectivity index (χ4n) is 4.33. The third-order valence-electron chi connectivity index (χ3n) is 5.92. The first-order chi connectivity index (χ1) is 15.1. The molecule has 0 N–H and O–H groups in total. The summed E-state index contributed by atoms with van der Waals surface area (Å²) in [4.78, 5) is 19.7. The molecule has 0 bridgehead atoms. The van der Waals surface area contributed by atoms with Crippen molar-refractivity contribution in [2.24, 2.45) is 7.05 Å². The molecule has 0 unspecified atom stereocenters. The number of methoxy groups -OCH3 is 1. The highest BCUT2D eigenvalue weighted by Gasteiger charge is 2.33. The van der Waals surface area contributed by atoms with Gasteiger partial charge in [-0.3, -0.25) is 9.48 Å². The van der Waals surface area contributed by atoms with Crippen molar-refractivity contribution in [3.05, 3.63) is 47.1 Å². The number of amides is 1. The van der Waals surface area contributed by atoms with Crippen molar-refractivity contribution in [2.75, 3.05) is 26.8 Å². The summed E-state index contributed by atoms with van der Waals surface area (Å²) < 4.78 is 18.3. The summed E-state index contributed by atoms with van der Waals surface area (Å²) in [5.41, 5.74) is 3.64. The molecule has 1 saturated heterocycles. The summed E-state index contributed by atoms with van der Waals surface area (Å²) in [6.07, 6.45) is 3.61. The molecular weight excluding hydrogens is 398 g/mol. The van der Waals surface area contributed by atoms with Gasteiger partial charge in [0.1, 0.15) is 11.4 Å². The Morgan fingerprint density at radius 3 is 3.00 bits per heavy atom. The SMILES string of the molecule is COc1cccc(-c2noc([C@@H]3CN(C(=O)c4c5c(nn4C)CCCC5)CCO3)n2)c1. The number of hydrogen-bond donors (Lipinski definition) is 0. The van der Waals surface area contributed by atoms with E-state index >= 15 is 0 Å². The van der Waals surface area contributed by atoms with Crippen LogP contribution in [0.15, 0.2) is 28.8 Å². The number of fused-ring (bicyclic) bond motifs is 1. The van der Waals surface area contributed by atoms with E-state index in [-0.39, 0.29) is 5.91 Å². The van der Waals surface area contributed by atoms with Crippen LogP contribution in [0.4, 0.5) is 0 Å². The standard InChI is InChI=1S/C22H25N5O4/c1-26-19(16-8-3-4-9-17(16)24-26)22(28)27-10-11-30-18(13-27)21-23-20(25-31-21)14-6-5-7-15(12-14)29-2/h5-7,12,18H,3-4,8-11,13H2,1-2H3/t18-/m0/s1. The molecular formula is C22H25N5O4. The molecule has 3 aromatic rings. The Morgan fingerprint density at radius 2 is 2.13 bits per heavy atom. The lowest BCUT2D eigenvalue weighted by Crippen LogP contribution is -2.43. The van der Waals surface area contributed by atoms with Gasteiger partial charge in [0.25, 0.3) is 11.8 Å². The fraction of sp³-hybridized carbons (Fsp3) is 0.455. The van der Waals surface area contributed by atoms with Crippen molar-refractivity contribution in [2.45, 2.75) is 31.8 Å². The van der Waals surface area contributed by atoms with Gasteiger partial charge < -0.3 is 18.9 Å². The van der Waals surface area contributed by atoms with Crippen LogP contribution in [-0.2, 0) is 24.6 Å². The number of aromatic nitrogens is 4. The summed E-state index contributed by atoms with van der Waals surface area (Å²) in [6.45, 7) is 1.29. The quantitative estimate of drug-likeness (QED) is 0.636. The molecule has 2 aromatic heterocycles. The van der Waals surface area contributed by atoms with Crippen LogP contribution in [0.3, 0.4) is 0 Å². The van der Waals surface area contributed by atoms with E-state index in [1.54, 1.807) is 16.7 Å². The van der Waals surface area contributed by atoms with Gasteiger partial charge in [0.05, 0.1) is 26.0 Å². The van der Waals surface area contributed by atoms with E-state index in [4.69, 9.17) is 14.0 Å². The first kappa shape index (κ1) is 19.7. The zero-order valence-electron chi connectivity index (χ0n) is 17.7. The predicted octanol–water partition coefficient (Wildman–Crippen LogP) is 2.57. The van der Waals surface area contributed by atoms with Gasteiger partial charge in [-0.2, -0.15) is 10.1 Å². The Balaban J connectivity index is 1.35. The zero-order valence-corrected chi connectivity index (χ0v) is 17.7. The Kier molecular flexibility index (Phi) is 5.19. The molecule has 1 fully saturated rings. The summed E-state index contributed by atoms with van der Waals surface area (Å²) in [5, 5.41) is 8.67. The molecule has 0 spiro atoms. The predicted molar refractivity (Wildman–Crippen MR) is 111 cm³/mol. The van der Waals surface area contributed by atoms with Crippen LogP contribution in [-0.4, -0.2) is 57.5 Å². The molecule has 9 heteroatoms. The highest BCUT2D eigenvalue weighted by atomic mass is 16.5. The molecule has 0 saturated carbocycles. The summed E-state index contributed by atoms with van der Waals surface area (Å²) in [5.74, 6) is 1.53.